The third-order valence-corrected chi connectivity index (χ3v) is 3.43. The number of rotatable bonds is 7. The summed E-state index contributed by atoms with van der Waals surface area (Å²) < 4.78 is 5.30. The first-order valence-corrected chi connectivity index (χ1v) is 7.14. The molecule has 1 aliphatic rings. The van der Waals surface area contributed by atoms with Crippen molar-refractivity contribution in [1.82, 2.24) is 5.32 Å². The molecule has 20 heavy (non-hydrogen) atoms. The van der Waals surface area contributed by atoms with E-state index in [0.29, 0.717) is 17.8 Å². The van der Waals surface area contributed by atoms with E-state index in [2.05, 4.69) is 17.6 Å². The number of carbonyl (C=O) groups is 1. The number of anilines is 1. The van der Waals surface area contributed by atoms with Gasteiger partial charge in [0.15, 0.2) is 6.61 Å². The van der Waals surface area contributed by atoms with Gasteiger partial charge in [-0.2, -0.15) is 0 Å². The van der Waals surface area contributed by atoms with E-state index < -0.39 is 5.91 Å². The molecule has 1 heterocycles. The van der Waals surface area contributed by atoms with Gasteiger partial charge in [0.25, 0.3) is 5.91 Å². The molecule has 1 aromatic carbocycles. The highest BCUT2D eigenvalue weighted by atomic mass is 16.5. The van der Waals surface area contributed by atoms with Crippen molar-refractivity contribution in [2.75, 3.05) is 18.5 Å². The van der Waals surface area contributed by atoms with Crippen molar-refractivity contribution in [3.63, 3.8) is 0 Å². The Kier molecular flexibility index (Phi) is 5.24. The van der Waals surface area contributed by atoms with Crippen LogP contribution in [0, 0.1) is 0 Å². The first-order valence-electron chi connectivity index (χ1n) is 7.14. The van der Waals surface area contributed by atoms with Crippen LogP contribution in [0.15, 0.2) is 24.3 Å². The zero-order valence-corrected chi connectivity index (χ0v) is 11.9. The van der Waals surface area contributed by atoms with E-state index in [1.165, 1.54) is 12.8 Å². The maximum absolute atomic E-state index is 10.7. The number of ether oxygens (including phenoxy) is 1. The lowest BCUT2D eigenvalue weighted by atomic mass is 10.1. The molecule has 1 fully saturated rings. The predicted octanol–water partition coefficient (Wildman–Crippen LogP) is 1.49. The van der Waals surface area contributed by atoms with Crippen LogP contribution in [0.4, 0.5) is 5.69 Å². The zero-order valence-electron chi connectivity index (χ0n) is 11.9. The molecule has 110 valence electrons. The second kappa shape index (κ2) is 7.14. The van der Waals surface area contributed by atoms with E-state index in [0.717, 1.165) is 18.7 Å². The summed E-state index contributed by atoms with van der Waals surface area (Å²) in [7, 11) is 0. The van der Waals surface area contributed by atoms with E-state index in [4.69, 9.17) is 10.5 Å². The molecule has 1 aliphatic heterocycles. The summed E-state index contributed by atoms with van der Waals surface area (Å²) >= 11 is 0. The largest absolute Gasteiger partial charge is 0.484 e. The number of carbonyl (C=O) groups excluding carboxylic acids is 1. The van der Waals surface area contributed by atoms with Crippen molar-refractivity contribution in [2.45, 2.75) is 38.3 Å². The molecule has 0 aromatic heterocycles. The standard InChI is InChI=1S/C15H23N3O2/c1-11(8-12-5-3-7-17-12)18-13-4-2-6-14(9-13)20-10-15(16)19/h2,4,6,9,11-12,17-18H,3,5,7-8,10H2,1H3,(H2,16,19). The molecule has 4 N–H and O–H groups in total. The molecule has 0 saturated carbocycles. The van der Waals surface area contributed by atoms with Gasteiger partial charge in [-0.05, 0) is 44.9 Å². The van der Waals surface area contributed by atoms with Crippen LogP contribution >= 0.6 is 0 Å². The van der Waals surface area contributed by atoms with Crippen LogP contribution in [0.1, 0.15) is 26.2 Å². The summed E-state index contributed by atoms with van der Waals surface area (Å²) in [6.07, 6.45) is 3.63. The molecule has 0 radical (unpaired) electrons. The van der Waals surface area contributed by atoms with Gasteiger partial charge in [0.05, 0.1) is 0 Å². The second-order valence-electron chi connectivity index (χ2n) is 5.36. The highest BCUT2D eigenvalue weighted by molar-refractivity contribution is 5.75. The Labute approximate surface area is 119 Å². The normalized spacial score (nSPS) is 19.6. The van der Waals surface area contributed by atoms with Crippen LogP contribution in [0.25, 0.3) is 0 Å². The van der Waals surface area contributed by atoms with Crippen molar-refractivity contribution in [2.24, 2.45) is 5.73 Å². The van der Waals surface area contributed by atoms with Crippen LogP contribution in [-0.2, 0) is 4.79 Å². The summed E-state index contributed by atoms with van der Waals surface area (Å²) in [5.41, 5.74) is 6.06. The molecule has 0 spiro atoms. The van der Waals surface area contributed by atoms with Gasteiger partial charge in [0.2, 0.25) is 0 Å². The average Bonchev–Trinajstić information content (AvgIpc) is 2.89. The first-order chi connectivity index (χ1) is 9.63. The summed E-state index contributed by atoms with van der Waals surface area (Å²) in [5, 5.41) is 6.96. The van der Waals surface area contributed by atoms with Crippen LogP contribution in [0.3, 0.4) is 0 Å². The molecule has 0 bridgehead atoms. The van der Waals surface area contributed by atoms with Crippen LogP contribution in [-0.4, -0.2) is 31.1 Å². The topological polar surface area (TPSA) is 76.4 Å². The molecule has 1 saturated heterocycles. The Hall–Kier alpha value is -1.75. The lowest BCUT2D eigenvalue weighted by Gasteiger charge is -2.19. The molecular weight excluding hydrogens is 254 g/mol. The van der Waals surface area contributed by atoms with Gasteiger partial charge in [-0.15, -0.1) is 0 Å². The Morgan fingerprint density at radius 1 is 1.60 bits per heavy atom. The highest BCUT2D eigenvalue weighted by Gasteiger charge is 2.16. The van der Waals surface area contributed by atoms with Crippen molar-refractivity contribution >= 4 is 11.6 Å². The molecule has 1 aromatic rings. The van der Waals surface area contributed by atoms with Crippen molar-refractivity contribution < 1.29 is 9.53 Å². The monoisotopic (exact) mass is 277 g/mol. The third-order valence-electron chi connectivity index (χ3n) is 3.43. The van der Waals surface area contributed by atoms with Crippen molar-refractivity contribution in [3.8, 4) is 5.75 Å². The molecule has 2 rings (SSSR count). The molecule has 1 amide bonds. The van der Waals surface area contributed by atoms with E-state index >= 15 is 0 Å². The summed E-state index contributed by atoms with van der Waals surface area (Å²) in [6, 6.07) is 8.61. The summed E-state index contributed by atoms with van der Waals surface area (Å²) in [5.74, 6) is 0.184. The van der Waals surface area contributed by atoms with Gasteiger partial charge in [-0.25, -0.2) is 0 Å². The number of primary amides is 1. The number of benzene rings is 1. The average molecular weight is 277 g/mol. The lowest BCUT2D eigenvalue weighted by Crippen LogP contribution is -2.29. The fourth-order valence-corrected chi connectivity index (χ4v) is 2.56. The fraction of sp³-hybridized carbons (Fsp3) is 0.533. The van der Waals surface area contributed by atoms with Gasteiger partial charge >= 0.3 is 0 Å². The van der Waals surface area contributed by atoms with E-state index in [9.17, 15) is 4.79 Å². The van der Waals surface area contributed by atoms with Gasteiger partial charge in [0, 0.05) is 23.8 Å². The zero-order chi connectivity index (χ0) is 14.4. The van der Waals surface area contributed by atoms with E-state index in [-0.39, 0.29) is 6.61 Å². The van der Waals surface area contributed by atoms with Gasteiger partial charge in [-0.3, -0.25) is 4.79 Å². The quantitative estimate of drug-likeness (QED) is 0.706. The number of hydrogen-bond donors (Lipinski definition) is 3. The number of nitrogens with one attached hydrogen (secondary N) is 2. The third kappa shape index (κ3) is 4.74. The minimum absolute atomic E-state index is 0.0923. The molecular formula is C15H23N3O2. The Morgan fingerprint density at radius 3 is 3.15 bits per heavy atom. The van der Waals surface area contributed by atoms with Gasteiger partial charge in [0.1, 0.15) is 5.75 Å². The molecule has 2 unspecified atom stereocenters. The maximum atomic E-state index is 10.7. The SMILES string of the molecule is CC(CC1CCCN1)Nc1cccc(OCC(N)=O)c1. The molecule has 5 heteroatoms. The molecule has 5 nitrogen and oxygen atoms in total. The molecule has 2 atom stereocenters. The summed E-state index contributed by atoms with van der Waals surface area (Å²) in [4.78, 5) is 10.7. The first kappa shape index (κ1) is 14.7. The lowest BCUT2D eigenvalue weighted by molar-refractivity contribution is -0.119. The predicted molar refractivity (Wildman–Crippen MR) is 79.9 cm³/mol. The van der Waals surface area contributed by atoms with Crippen LogP contribution in [0.5, 0.6) is 5.75 Å². The number of amides is 1. The summed E-state index contributed by atoms with van der Waals surface area (Å²) in [6.45, 7) is 3.22. The molecule has 0 aliphatic carbocycles. The smallest absolute Gasteiger partial charge is 0.255 e. The van der Waals surface area contributed by atoms with Crippen molar-refractivity contribution in [3.05, 3.63) is 24.3 Å². The van der Waals surface area contributed by atoms with Gasteiger partial charge < -0.3 is 21.1 Å². The fourth-order valence-electron chi connectivity index (χ4n) is 2.56. The van der Waals surface area contributed by atoms with E-state index in [1.54, 1.807) is 0 Å². The highest BCUT2D eigenvalue weighted by Crippen LogP contribution is 2.20. The number of hydrogen-bond acceptors (Lipinski definition) is 4. The minimum Gasteiger partial charge on any atom is -0.484 e. The van der Waals surface area contributed by atoms with Crippen LogP contribution in [0.2, 0.25) is 0 Å². The Bertz CT molecular complexity index is 444. The van der Waals surface area contributed by atoms with Crippen molar-refractivity contribution in [1.29, 1.82) is 0 Å². The second-order valence-corrected chi connectivity index (χ2v) is 5.36. The van der Waals surface area contributed by atoms with Crippen LogP contribution < -0.4 is 21.1 Å². The number of nitrogens with two attached hydrogens (primary N) is 1. The minimum atomic E-state index is -0.468. The Morgan fingerprint density at radius 2 is 2.45 bits per heavy atom. The Balaban J connectivity index is 1.84. The van der Waals surface area contributed by atoms with E-state index in [1.807, 2.05) is 24.3 Å². The maximum Gasteiger partial charge on any atom is 0.255 e. The van der Waals surface area contributed by atoms with Gasteiger partial charge in [-0.1, -0.05) is 6.07 Å².